The summed E-state index contributed by atoms with van der Waals surface area (Å²) in [6.07, 6.45) is 2.93. The maximum atomic E-state index is 11.2. The van der Waals surface area contributed by atoms with Crippen LogP contribution in [0.25, 0.3) is 0 Å². The zero-order valence-corrected chi connectivity index (χ0v) is 8.95. The molecule has 0 rings (SSSR count). The predicted octanol–water partition coefficient (Wildman–Crippen LogP) is 1.11. The topological polar surface area (TPSA) is 78.4 Å². The third kappa shape index (κ3) is 8.80. The highest BCUT2D eigenvalue weighted by atomic mass is 16.4. The van der Waals surface area contributed by atoms with E-state index in [4.69, 9.17) is 5.11 Å². The van der Waals surface area contributed by atoms with Crippen molar-refractivity contribution in [1.82, 2.24) is 10.6 Å². The highest BCUT2D eigenvalue weighted by Crippen LogP contribution is 1.95. The molecule has 0 aromatic rings. The van der Waals surface area contributed by atoms with Crippen LogP contribution in [0, 0.1) is 0 Å². The lowest BCUT2D eigenvalue weighted by atomic mass is 10.2. The molecular formula is C10H18N2O3. The van der Waals surface area contributed by atoms with Crippen LogP contribution >= 0.6 is 0 Å². The largest absolute Gasteiger partial charge is 0.481 e. The molecule has 0 aliphatic carbocycles. The fourth-order valence-electron chi connectivity index (χ4n) is 0.975. The van der Waals surface area contributed by atoms with Gasteiger partial charge in [0.2, 0.25) is 0 Å². The van der Waals surface area contributed by atoms with E-state index in [-0.39, 0.29) is 18.5 Å². The van der Waals surface area contributed by atoms with Gasteiger partial charge in [0.05, 0.1) is 0 Å². The van der Waals surface area contributed by atoms with Gasteiger partial charge in [0, 0.05) is 19.0 Å². The summed E-state index contributed by atoms with van der Waals surface area (Å²) in [5.74, 6) is -0.851. The van der Waals surface area contributed by atoms with Crippen LogP contribution in [0.15, 0.2) is 12.7 Å². The Hall–Kier alpha value is -1.52. The summed E-state index contributed by atoms with van der Waals surface area (Å²) in [7, 11) is 0. The quantitative estimate of drug-likeness (QED) is 0.439. The Labute approximate surface area is 89.6 Å². The Morgan fingerprint density at radius 3 is 2.73 bits per heavy atom. The van der Waals surface area contributed by atoms with E-state index in [0.717, 1.165) is 6.42 Å². The van der Waals surface area contributed by atoms with Crippen molar-refractivity contribution in [3.05, 3.63) is 12.7 Å². The highest BCUT2D eigenvalue weighted by molar-refractivity contribution is 5.74. The Kier molecular flexibility index (Phi) is 7.05. The fourth-order valence-corrected chi connectivity index (χ4v) is 0.975. The molecular weight excluding hydrogens is 196 g/mol. The molecule has 1 unspecified atom stereocenters. The summed E-state index contributed by atoms with van der Waals surface area (Å²) in [5.41, 5.74) is 0. The second kappa shape index (κ2) is 7.84. The van der Waals surface area contributed by atoms with E-state index in [1.165, 1.54) is 0 Å². The van der Waals surface area contributed by atoms with Crippen molar-refractivity contribution in [2.75, 3.05) is 6.54 Å². The fraction of sp³-hybridized carbons (Fsp3) is 0.600. The molecule has 0 radical (unpaired) electrons. The maximum Gasteiger partial charge on any atom is 0.315 e. The van der Waals surface area contributed by atoms with Gasteiger partial charge in [-0.15, -0.1) is 6.58 Å². The number of carbonyl (C=O) groups is 2. The van der Waals surface area contributed by atoms with Gasteiger partial charge in [0.25, 0.3) is 0 Å². The van der Waals surface area contributed by atoms with Crippen molar-refractivity contribution in [2.24, 2.45) is 0 Å². The molecule has 0 spiro atoms. The summed E-state index contributed by atoms with van der Waals surface area (Å²) in [6, 6.07) is -0.403. The SMILES string of the molecule is C=CCCNC(=O)NC(C)CCC(=O)O. The number of rotatable bonds is 7. The van der Waals surface area contributed by atoms with E-state index in [2.05, 4.69) is 17.2 Å². The zero-order chi connectivity index (χ0) is 11.7. The number of hydrogen-bond acceptors (Lipinski definition) is 2. The third-order valence-electron chi connectivity index (χ3n) is 1.80. The number of nitrogens with one attached hydrogen (secondary N) is 2. The Morgan fingerprint density at radius 2 is 2.20 bits per heavy atom. The first kappa shape index (κ1) is 13.5. The normalized spacial score (nSPS) is 11.5. The van der Waals surface area contributed by atoms with Gasteiger partial charge < -0.3 is 15.7 Å². The van der Waals surface area contributed by atoms with E-state index in [0.29, 0.717) is 13.0 Å². The van der Waals surface area contributed by atoms with Gasteiger partial charge in [-0.05, 0) is 19.8 Å². The van der Waals surface area contributed by atoms with Crippen molar-refractivity contribution >= 4 is 12.0 Å². The average Bonchev–Trinajstić information content (AvgIpc) is 2.15. The molecule has 86 valence electrons. The minimum Gasteiger partial charge on any atom is -0.481 e. The van der Waals surface area contributed by atoms with Gasteiger partial charge in [0.1, 0.15) is 0 Å². The number of urea groups is 1. The molecule has 0 aliphatic rings. The second-order valence-electron chi connectivity index (χ2n) is 3.31. The molecule has 3 N–H and O–H groups in total. The van der Waals surface area contributed by atoms with Crippen molar-refractivity contribution < 1.29 is 14.7 Å². The van der Waals surface area contributed by atoms with E-state index in [1.54, 1.807) is 13.0 Å². The minimum absolute atomic E-state index is 0.0636. The molecule has 0 saturated heterocycles. The summed E-state index contributed by atoms with van der Waals surface area (Å²) >= 11 is 0. The molecule has 5 nitrogen and oxygen atoms in total. The number of carboxylic acid groups (broad SMARTS) is 1. The molecule has 0 heterocycles. The monoisotopic (exact) mass is 214 g/mol. The van der Waals surface area contributed by atoms with Gasteiger partial charge >= 0.3 is 12.0 Å². The van der Waals surface area contributed by atoms with Gasteiger partial charge in [0.15, 0.2) is 0 Å². The number of carbonyl (C=O) groups excluding carboxylic acids is 1. The summed E-state index contributed by atoms with van der Waals surface area (Å²) in [5, 5.41) is 13.7. The molecule has 0 aliphatic heterocycles. The second-order valence-corrected chi connectivity index (χ2v) is 3.31. The van der Waals surface area contributed by atoms with Crippen molar-refractivity contribution in [3.8, 4) is 0 Å². The van der Waals surface area contributed by atoms with Crippen LogP contribution in [0.5, 0.6) is 0 Å². The molecule has 15 heavy (non-hydrogen) atoms. The van der Waals surface area contributed by atoms with Crippen molar-refractivity contribution in [3.63, 3.8) is 0 Å². The number of amides is 2. The molecule has 0 saturated carbocycles. The van der Waals surface area contributed by atoms with Gasteiger partial charge in [-0.3, -0.25) is 4.79 Å². The molecule has 0 aromatic carbocycles. The van der Waals surface area contributed by atoms with E-state index in [1.807, 2.05) is 0 Å². The van der Waals surface area contributed by atoms with E-state index in [9.17, 15) is 9.59 Å². The van der Waals surface area contributed by atoms with E-state index < -0.39 is 5.97 Å². The highest BCUT2D eigenvalue weighted by Gasteiger charge is 2.07. The first-order chi connectivity index (χ1) is 7.06. The van der Waals surface area contributed by atoms with Crippen LogP contribution in [0.1, 0.15) is 26.2 Å². The van der Waals surface area contributed by atoms with Crippen LogP contribution < -0.4 is 10.6 Å². The Morgan fingerprint density at radius 1 is 1.53 bits per heavy atom. The molecule has 5 heteroatoms. The summed E-state index contributed by atoms with van der Waals surface area (Å²) in [6.45, 7) is 5.85. The Balaban J connectivity index is 3.57. The van der Waals surface area contributed by atoms with Crippen LogP contribution in [-0.4, -0.2) is 29.7 Å². The smallest absolute Gasteiger partial charge is 0.315 e. The summed E-state index contributed by atoms with van der Waals surface area (Å²) in [4.78, 5) is 21.4. The van der Waals surface area contributed by atoms with Crippen molar-refractivity contribution in [2.45, 2.75) is 32.2 Å². The van der Waals surface area contributed by atoms with Gasteiger partial charge in [-0.1, -0.05) is 6.08 Å². The third-order valence-corrected chi connectivity index (χ3v) is 1.80. The average molecular weight is 214 g/mol. The molecule has 0 aromatic heterocycles. The van der Waals surface area contributed by atoms with Gasteiger partial charge in [-0.2, -0.15) is 0 Å². The maximum absolute atomic E-state index is 11.2. The zero-order valence-electron chi connectivity index (χ0n) is 8.95. The number of carboxylic acids is 1. The van der Waals surface area contributed by atoms with Crippen molar-refractivity contribution in [1.29, 1.82) is 0 Å². The molecule has 0 bridgehead atoms. The standard InChI is InChI=1S/C10H18N2O3/c1-3-4-7-11-10(15)12-8(2)5-6-9(13)14/h3,8H,1,4-7H2,2H3,(H,13,14)(H2,11,12,15). The molecule has 2 amide bonds. The minimum atomic E-state index is -0.851. The molecule has 0 fully saturated rings. The lowest BCUT2D eigenvalue weighted by molar-refractivity contribution is -0.137. The van der Waals surface area contributed by atoms with Crippen LogP contribution in [-0.2, 0) is 4.79 Å². The van der Waals surface area contributed by atoms with Crippen LogP contribution in [0.4, 0.5) is 4.79 Å². The summed E-state index contributed by atoms with van der Waals surface area (Å²) < 4.78 is 0. The first-order valence-electron chi connectivity index (χ1n) is 4.93. The lowest BCUT2D eigenvalue weighted by Gasteiger charge is -2.13. The molecule has 1 atom stereocenters. The van der Waals surface area contributed by atoms with Crippen LogP contribution in [0.2, 0.25) is 0 Å². The van der Waals surface area contributed by atoms with E-state index >= 15 is 0 Å². The number of aliphatic carboxylic acids is 1. The van der Waals surface area contributed by atoms with Gasteiger partial charge in [-0.25, -0.2) is 4.79 Å². The first-order valence-corrected chi connectivity index (χ1v) is 4.93. The Bertz CT molecular complexity index is 229. The lowest BCUT2D eigenvalue weighted by Crippen LogP contribution is -2.41. The van der Waals surface area contributed by atoms with Crippen LogP contribution in [0.3, 0.4) is 0 Å². The number of hydrogen-bond donors (Lipinski definition) is 3. The predicted molar refractivity (Wildman–Crippen MR) is 57.7 cm³/mol.